The van der Waals surface area contributed by atoms with Gasteiger partial charge >= 0.3 is 6.03 Å². The summed E-state index contributed by atoms with van der Waals surface area (Å²) < 4.78 is 0. The third kappa shape index (κ3) is 4.25. The number of hydrogen-bond acceptors (Lipinski definition) is 2. The molecule has 0 saturated carbocycles. The first-order valence-electron chi connectivity index (χ1n) is 7.12. The molecule has 1 aromatic rings. The maximum atomic E-state index is 12.3. The van der Waals surface area contributed by atoms with Crippen LogP contribution in [-0.2, 0) is 0 Å². The van der Waals surface area contributed by atoms with Gasteiger partial charge in [0.25, 0.3) is 0 Å². The van der Waals surface area contributed by atoms with E-state index in [-0.39, 0.29) is 24.6 Å². The van der Waals surface area contributed by atoms with Crippen molar-refractivity contribution in [3.63, 3.8) is 0 Å². The van der Waals surface area contributed by atoms with E-state index in [4.69, 9.17) is 23.2 Å². The summed E-state index contributed by atoms with van der Waals surface area (Å²) in [6, 6.07) is 4.93. The van der Waals surface area contributed by atoms with Crippen LogP contribution in [0.1, 0.15) is 31.4 Å². The number of likely N-dealkylation sites (tertiary alicyclic amines) is 1. The van der Waals surface area contributed by atoms with Crippen molar-refractivity contribution in [1.29, 1.82) is 0 Å². The van der Waals surface area contributed by atoms with E-state index < -0.39 is 0 Å². The van der Waals surface area contributed by atoms with Gasteiger partial charge in [0.1, 0.15) is 0 Å². The second kappa shape index (κ2) is 7.34. The maximum Gasteiger partial charge on any atom is 0.317 e. The average molecular weight is 331 g/mol. The molecule has 0 aromatic heterocycles. The molecule has 0 spiro atoms. The lowest BCUT2D eigenvalue weighted by Gasteiger charge is -2.32. The van der Waals surface area contributed by atoms with Crippen LogP contribution in [0.4, 0.5) is 4.79 Å². The Morgan fingerprint density at radius 2 is 2.29 bits per heavy atom. The van der Waals surface area contributed by atoms with Gasteiger partial charge in [-0.1, -0.05) is 29.3 Å². The molecule has 4 nitrogen and oxygen atoms in total. The zero-order valence-corrected chi connectivity index (χ0v) is 13.5. The van der Waals surface area contributed by atoms with Gasteiger partial charge in [-0.15, -0.1) is 0 Å². The van der Waals surface area contributed by atoms with E-state index in [2.05, 4.69) is 5.32 Å². The second-order valence-electron chi connectivity index (χ2n) is 5.47. The number of aliphatic hydroxyl groups is 1. The summed E-state index contributed by atoms with van der Waals surface area (Å²) in [6.07, 6.45) is 1.90. The molecule has 116 valence electrons. The zero-order valence-electron chi connectivity index (χ0n) is 12.0. The van der Waals surface area contributed by atoms with Gasteiger partial charge in [0.15, 0.2) is 0 Å². The highest BCUT2D eigenvalue weighted by molar-refractivity contribution is 6.35. The number of amides is 2. The predicted molar refractivity (Wildman–Crippen MR) is 84.8 cm³/mol. The average Bonchev–Trinajstić information content (AvgIpc) is 2.47. The molecule has 6 heteroatoms. The van der Waals surface area contributed by atoms with Crippen LogP contribution in [0, 0.1) is 5.92 Å². The molecule has 1 unspecified atom stereocenters. The first-order chi connectivity index (χ1) is 10.0. The minimum absolute atomic E-state index is 0.119. The van der Waals surface area contributed by atoms with Gasteiger partial charge in [-0.3, -0.25) is 0 Å². The fraction of sp³-hybridized carbons (Fsp3) is 0.533. The minimum atomic E-state index is -0.197. The normalized spacial score (nSPS) is 20.2. The van der Waals surface area contributed by atoms with Gasteiger partial charge < -0.3 is 15.3 Å². The fourth-order valence-electron chi connectivity index (χ4n) is 2.61. The van der Waals surface area contributed by atoms with Crippen LogP contribution in [0.3, 0.4) is 0 Å². The summed E-state index contributed by atoms with van der Waals surface area (Å²) in [5.41, 5.74) is 0.838. The summed E-state index contributed by atoms with van der Waals surface area (Å²) in [6.45, 7) is 3.34. The molecular formula is C15H20Cl2N2O2. The van der Waals surface area contributed by atoms with Crippen molar-refractivity contribution < 1.29 is 9.90 Å². The summed E-state index contributed by atoms with van der Waals surface area (Å²) in [5.74, 6) is 0.180. The number of rotatable bonds is 3. The molecule has 1 heterocycles. The quantitative estimate of drug-likeness (QED) is 0.891. The van der Waals surface area contributed by atoms with Crippen molar-refractivity contribution in [1.82, 2.24) is 10.2 Å². The Bertz CT molecular complexity index is 510. The zero-order chi connectivity index (χ0) is 15.4. The fourth-order valence-corrected chi connectivity index (χ4v) is 3.18. The molecule has 0 aliphatic carbocycles. The van der Waals surface area contributed by atoms with Crippen LogP contribution in [0.5, 0.6) is 0 Å². The molecule has 2 amide bonds. The molecule has 2 N–H and O–H groups in total. The number of halogens is 2. The first kappa shape index (κ1) is 16.4. The molecule has 2 rings (SSSR count). The minimum Gasteiger partial charge on any atom is -0.396 e. The highest BCUT2D eigenvalue weighted by Crippen LogP contribution is 2.26. The summed E-state index contributed by atoms with van der Waals surface area (Å²) in [7, 11) is 0. The van der Waals surface area contributed by atoms with Crippen LogP contribution in [0.25, 0.3) is 0 Å². The molecule has 1 aliphatic heterocycles. The van der Waals surface area contributed by atoms with E-state index in [9.17, 15) is 9.90 Å². The highest BCUT2D eigenvalue weighted by atomic mass is 35.5. The second-order valence-corrected chi connectivity index (χ2v) is 6.32. The molecular weight excluding hydrogens is 311 g/mol. The van der Waals surface area contributed by atoms with E-state index in [0.717, 1.165) is 24.9 Å². The van der Waals surface area contributed by atoms with Gasteiger partial charge in [-0.05, 0) is 43.4 Å². The third-order valence-corrected chi connectivity index (χ3v) is 4.40. The van der Waals surface area contributed by atoms with Crippen molar-refractivity contribution in [3.8, 4) is 0 Å². The largest absolute Gasteiger partial charge is 0.396 e. The summed E-state index contributed by atoms with van der Waals surface area (Å²) in [5, 5.41) is 13.3. The number of nitrogens with zero attached hydrogens (tertiary/aromatic N) is 1. The maximum absolute atomic E-state index is 12.3. The molecule has 2 atom stereocenters. The van der Waals surface area contributed by atoms with Gasteiger partial charge in [0.05, 0.1) is 6.04 Å². The lowest BCUT2D eigenvalue weighted by Crippen LogP contribution is -2.46. The first-order valence-corrected chi connectivity index (χ1v) is 7.88. The Labute approximate surface area is 135 Å². The Balaban J connectivity index is 1.98. The van der Waals surface area contributed by atoms with Crippen molar-refractivity contribution in [2.24, 2.45) is 5.92 Å². The summed E-state index contributed by atoms with van der Waals surface area (Å²) >= 11 is 12.0. The SMILES string of the molecule is C[C@H](NC(=O)N1CCCC(CO)C1)c1ccc(Cl)cc1Cl. The monoisotopic (exact) mass is 330 g/mol. The Morgan fingerprint density at radius 1 is 1.52 bits per heavy atom. The van der Waals surface area contributed by atoms with Crippen LogP contribution >= 0.6 is 23.2 Å². The number of aliphatic hydroxyl groups excluding tert-OH is 1. The molecule has 0 bridgehead atoms. The number of carbonyl (C=O) groups is 1. The van der Waals surface area contributed by atoms with Crippen LogP contribution < -0.4 is 5.32 Å². The third-order valence-electron chi connectivity index (χ3n) is 3.83. The Morgan fingerprint density at radius 3 is 2.95 bits per heavy atom. The Kier molecular flexibility index (Phi) is 5.73. The molecule has 1 saturated heterocycles. The van der Waals surface area contributed by atoms with Crippen molar-refractivity contribution in [3.05, 3.63) is 33.8 Å². The van der Waals surface area contributed by atoms with Gasteiger partial charge in [0, 0.05) is 29.7 Å². The highest BCUT2D eigenvalue weighted by Gasteiger charge is 2.24. The van der Waals surface area contributed by atoms with Gasteiger partial charge in [0.2, 0.25) is 0 Å². The van der Waals surface area contributed by atoms with E-state index in [1.807, 2.05) is 13.0 Å². The molecule has 1 aromatic carbocycles. The van der Waals surface area contributed by atoms with Gasteiger partial charge in [-0.2, -0.15) is 0 Å². The standard InChI is InChI=1S/C15H20Cl2N2O2/c1-10(13-5-4-12(16)7-14(13)17)18-15(21)19-6-2-3-11(8-19)9-20/h4-5,7,10-11,20H,2-3,6,8-9H2,1H3,(H,18,21)/t10-,11?/m0/s1. The van der Waals surface area contributed by atoms with Crippen LogP contribution in [0.15, 0.2) is 18.2 Å². The van der Waals surface area contributed by atoms with Crippen molar-refractivity contribution in [2.75, 3.05) is 19.7 Å². The lowest BCUT2D eigenvalue weighted by molar-refractivity contribution is 0.128. The number of carbonyl (C=O) groups excluding carboxylic acids is 1. The predicted octanol–water partition coefficient (Wildman–Crippen LogP) is 3.47. The molecule has 0 radical (unpaired) electrons. The number of piperidine rings is 1. The molecule has 1 aliphatic rings. The molecule has 21 heavy (non-hydrogen) atoms. The number of hydrogen-bond donors (Lipinski definition) is 2. The van der Waals surface area contributed by atoms with Gasteiger partial charge in [-0.25, -0.2) is 4.79 Å². The molecule has 1 fully saturated rings. The summed E-state index contributed by atoms with van der Waals surface area (Å²) in [4.78, 5) is 14.0. The topological polar surface area (TPSA) is 52.6 Å². The van der Waals surface area contributed by atoms with Crippen molar-refractivity contribution in [2.45, 2.75) is 25.8 Å². The smallest absolute Gasteiger partial charge is 0.317 e. The Hall–Kier alpha value is -0.970. The van der Waals surface area contributed by atoms with Crippen LogP contribution in [-0.4, -0.2) is 35.7 Å². The number of nitrogens with one attached hydrogen (secondary N) is 1. The lowest BCUT2D eigenvalue weighted by atomic mass is 9.99. The number of benzene rings is 1. The van der Waals surface area contributed by atoms with E-state index >= 15 is 0 Å². The van der Waals surface area contributed by atoms with Crippen molar-refractivity contribution >= 4 is 29.2 Å². The van der Waals surface area contributed by atoms with Crippen LogP contribution in [0.2, 0.25) is 10.0 Å². The van der Waals surface area contributed by atoms with E-state index in [1.165, 1.54) is 0 Å². The van der Waals surface area contributed by atoms with E-state index in [1.54, 1.807) is 17.0 Å². The van der Waals surface area contributed by atoms with E-state index in [0.29, 0.717) is 16.6 Å². The number of urea groups is 1.